The molecule has 28 heavy (non-hydrogen) atoms. The number of sulfone groups is 1. The lowest BCUT2D eigenvalue weighted by Crippen LogP contribution is -2.24. The van der Waals surface area contributed by atoms with Crippen molar-refractivity contribution in [1.29, 1.82) is 0 Å². The summed E-state index contributed by atoms with van der Waals surface area (Å²) in [5, 5.41) is 4.48. The molecule has 6 heteroatoms. The first-order valence-corrected chi connectivity index (χ1v) is 11.4. The van der Waals surface area contributed by atoms with Gasteiger partial charge in [-0.05, 0) is 44.0 Å². The van der Waals surface area contributed by atoms with Crippen LogP contribution < -0.4 is 5.32 Å². The number of hydrogen-bond donors (Lipinski definition) is 1. The fourth-order valence-corrected chi connectivity index (χ4v) is 6.53. The largest absolute Gasteiger partial charge is 0.324 e. The second kappa shape index (κ2) is 6.87. The van der Waals surface area contributed by atoms with Crippen LogP contribution in [0.1, 0.15) is 39.5 Å². The Hall–Kier alpha value is -2.44. The average Bonchev–Trinajstić information content (AvgIpc) is 3.08. The Labute approximate surface area is 169 Å². The fourth-order valence-electron chi connectivity index (χ4n) is 3.63. The second-order valence-corrected chi connectivity index (χ2v) is 10.1. The third-order valence-electron chi connectivity index (χ3n) is 5.19. The maximum Gasteiger partial charge on any atom is 0.225 e. The normalized spacial score (nSPS) is 16.5. The van der Waals surface area contributed by atoms with Crippen LogP contribution in [0.3, 0.4) is 0 Å². The van der Waals surface area contributed by atoms with Crippen molar-refractivity contribution in [3.63, 3.8) is 0 Å². The summed E-state index contributed by atoms with van der Waals surface area (Å²) in [4.78, 5) is 13.8. The fraction of sp³-hybridized carbons (Fsp3) is 0.227. The molecule has 0 unspecified atom stereocenters. The van der Waals surface area contributed by atoms with Crippen LogP contribution in [0.2, 0.25) is 0 Å². The summed E-state index contributed by atoms with van der Waals surface area (Å²) < 4.78 is 26.4. The van der Waals surface area contributed by atoms with Crippen LogP contribution in [0.25, 0.3) is 0 Å². The van der Waals surface area contributed by atoms with E-state index in [1.807, 2.05) is 26.8 Å². The monoisotopic (exact) mass is 411 g/mol. The molecule has 0 saturated carbocycles. The highest BCUT2D eigenvalue weighted by Gasteiger charge is 2.34. The van der Waals surface area contributed by atoms with Crippen molar-refractivity contribution in [2.45, 2.75) is 42.9 Å². The Balaban J connectivity index is 1.85. The van der Waals surface area contributed by atoms with E-state index in [0.29, 0.717) is 12.1 Å². The maximum absolute atomic E-state index is 13.2. The predicted octanol–water partition coefficient (Wildman–Crippen LogP) is 4.98. The third kappa shape index (κ3) is 3.16. The molecule has 1 N–H and O–H groups in total. The minimum absolute atomic E-state index is 0.129. The molecule has 0 saturated heterocycles. The van der Waals surface area contributed by atoms with Gasteiger partial charge in [0.2, 0.25) is 15.7 Å². The third-order valence-corrected chi connectivity index (χ3v) is 8.23. The minimum Gasteiger partial charge on any atom is -0.324 e. The topological polar surface area (TPSA) is 63.2 Å². The van der Waals surface area contributed by atoms with E-state index >= 15 is 0 Å². The number of nitrogens with one attached hydrogen (secondary N) is 1. The van der Waals surface area contributed by atoms with Crippen molar-refractivity contribution in [2.24, 2.45) is 0 Å². The maximum atomic E-state index is 13.2. The number of amides is 1. The number of anilines is 1. The smallest absolute Gasteiger partial charge is 0.225 e. The van der Waals surface area contributed by atoms with Gasteiger partial charge < -0.3 is 5.32 Å². The molecule has 0 bridgehead atoms. The van der Waals surface area contributed by atoms with E-state index in [-0.39, 0.29) is 21.6 Å². The van der Waals surface area contributed by atoms with Crippen molar-refractivity contribution in [2.75, 3.05) is 5.32 Å². The second-order valence-electron chi connectivity index (χ2n) is 7.32. The van der Waals surface area contributed by atoms with Crippen LogP contribution in [0.15, 0.2) is 57.6 Å². The van der Waals surface area contributed by atoms with Gasteiger partial charge in [0.05, 0.1) is 10.6 Å². The molecule has 0 fully saturated rings. The molecular formula is C22H21NO3S2. The van der Waals surface area contributed by atoms with Crippen molar-refractivity contribution >= 4 is 32.8 Å². The molecule has 0 aliphatic carbocycles. The molecule has 2 aromatic carbocycles. The van der Waals surface area contributed by atoms with Crippen molar-refractivity contribution in [3.05, 3.63) is 75.0 Å². The first kappa shape index (κ1) is 18.9. The van der Waals surface area contributed by atoms with Gasteiger partial charge in [-0.3, -0.25) is 4.79 Å². The van der Waals surface area contributed by atoms with Crippen molar-refractivity contribution in [3.8, 4) is 0 Å². The van der Waals surface area contributed by atoms with E-state index in [1.165, 1.54) is 11.3 Å². The molecule has 4 nitrogen and oxygen atoms in total. The molecule has 0 spiro atoms. The zero-order valence-corrected chi connectivity index (χ0v) is 17.6. The van der Waals surface area contributed by atoms with Gasteiger partial charge >= 0.3 is 0 Å². The van der Waals surface area contributed by atoms with E-state index in [2.05, 4.69) is 17.4 Å². The van der Waals surface area contributed by atoms with Gasteiger partial charge in [-0.25, -0.2) is 8.42 Å². The quantitative estimate of drug-likeness (QED) is 0.661. The zero-order valence-electron chi connectivity index (χ0n) is 15.9. The highest BCUT2D eigenvalue weighted by Crippen LogP contribution is 2.46. The Morgan fingerprint density at radius 1 is 1.00 bits per heavy atom. The van der Waals surface area contributed by atoms with Crippen LogP contribution >= 0.6 is 11.3 Å². The van der Waals surface area contributed by atoms with Gasteiger partial charge in [0.15, 0.2) is 0 Å². The molecule has 144 valence electrons. The van der Waals surface area contributed by atoms with Gasteiger partial charge in [-0.15, -0.1) is 11.3 Å². The number of hydrogen-bond acceptors (Lipinski definition) is 4. The van der Waals surface area contributed by atoms with E-state index in [4.69, 9.17) is 0 Å². The molecule has 0 radical (unpaired) electrons. The first-order chi connectivity index (χ1) is 13.3. The zero-order chi connectivity index (χ0) is 20.1. The number of rotatable bonds is 3. The van der Waals surface area contributed by atoms with Crippen LogP contribution in [-0.2, 0) is 14.6 Å². The summed E-state index contributed by atoms with van der Waals surface area (Å²) in [6, 6.07) is 13.0. The Morgan fingerprint density at radius 3 is 2.39 bits per heavy atom. The van der Waals surface area contributed by atoms with E-state index in [1.54, 1.807) is 29.6 Å². The first-order valence-electron chi connectivity index (χ1n) is 9.07. The Morgan fingerprint density at radius 2 is 1.68 bits per heavy atom. The SMILES string of the molecule is Cc1ccc(S(=O)(=O)c2csc3c2NC(=O)C[C@H]3c2cc(C)ccc2C)cc1. The number of aryl methyl sites for hydroxylation is 3. The van der Waals surface area contributed by atoms with E-state index < -0.39 is 9.84 Å². The van der Waals surface area contributed by atoms with E-state index in [9.17, 15) is 13.2 Å². The summed E-state index contributed by atoms with van der Waals surface area (Å²) in [6.07, 6.45) is 0.321. The average molecular weight is 412 g/mol. The minimum atomic E-state index is -3.71. The molecule has 1 aliphatic heterocycles. The molecule has 4 rings (SSSR count). The molecule has 2 heterocycles. The lowest BCUT2D eigenvalue weighted by atomic mass is 9.87. The summed E-state index contributed by atoms with van der Waals surface area (Å²) in [6.45, 7) is 5.96. The van der Waals surface area contributed by atoms with Crippen LogP contribution in [-0.4, -0.2) is 14.3 Å². The Bertz CT molecular complexity index is 1170. The highest BCUT2D eigenvalue weighted by atomic mass is 32.2. The molecule has 1 aromatic heterocycles. The van der Waals surface area contributed by atoms with Gasteiger partial charge in [-0.1, -0.05) is 41.5 Å². The summed E-state index contributed by atoms with van der Waals surface area (Å²) >= 11 is 1.40. The van der Waals surface area contributed by atoms with Gasteiger partial charge in [-0.2, -0.15) is 0 Å². The number of carbonyl (C=O) groups is 1. The standard InChI is InChI=1S/C22H21NO3S2/c1-13-5-8-16(9-6-13)28(25,26)19-12-27-22-18(11-20(24)23-21(19)22)17-10-14(2)4-7-15(17)3/h4-10,12,18H,11H2,1-3H3,(H,23,24)/t18-/m0/s1. The number of benzene rings is 2. The number of carbonyl (C=O) groups excluding carboxylic acids is 1. The van der Waals surface area contributed by atoms with Crippen molar-refractivity contribution in [1.82, 2.24) is 0 Å². The summed E-state index contributed by atoms with van der Waals surface area (Å²) in [5.74, 6) is -0.284. The molecule has 1 amide bonds. The number of fused-ring (bicyclic) bond motifs is 1. The van der Waals surface area contributed by atoms with Crippen LogP contribution in [0.5, 0.6) is 0 Å². The van der Waals surface area contributed by atoms with Gasteiger partial charge in [0.1, 0.15) is 4.90 Å². The molecular weight excluding hydrogens is 390 g/mol. The van der Waals surface area contributed by atoms with Crippen LogP contribution in [0, 0.1) is 20.8 Å². The van der Waals surface area contributed by atoms with Gasteiger partial charge in [0, 0.05) is 22.6 Å². The number of thiophene rings is 1. The van der Waals surface area contributed by atoms with E-state index in [0.717, 1.165) is 27.1 Å². The van der Waals surface area contributed by atoms with Crippen molar-refractivity contribution < 1.29 is 13.2 Å². The molecule has 1 atom stereocenters. The summed E-state index contributed by atoms with van der Waals surface area (Å²) in [7, 11) is -3.71. The highest BCUT2D eigenvalue weighted by molar-refractivity contribution is 7.91. The molecule has 1 aliphatic rings. The molecule has 3 aromatic rings. The Kier molecular flexibility index (Phi) is 4.63. The lowest BCUT2D eigenvalue weighted by molar-refractivity contribution is -0.116. The van der Waals surface area contributed by atoms with Crippen LogP contribution in [0.4, 0.5) is 5.69 Å². The lowest BCUT2D eigenvalue weighted by Gasteiger charge is -2.25. The predicted molar refractivity (Wildman–Crippen MR) is 112 cm³/mol. The van der Waals surface area contributed by atoms with Gasteiger partial charge in [0.25, 0.3) is 0 Å². The summed E-state index contributed by atoms with van der Waals surface area (Å²) in [5.41, 5.74) is 4.74.